The molecule has 116 valence electrons. The standard InChI is InChI=1S/C18H17ClN4/c19-16-7-2-1-5-14(16)15-6-3-4-13-12-21-18(22-17(13)15)23-10-8-20-9-11-23/h1-7,12,20H,8-11H2. The molecule has 1 saturated heterocycles. The van der Waals surface area contributed by atoms with E-state index in [1.807, 2.05) is 42.6 Å². The summed E-state index contributed by atoms with van der Waals surface area (Å²) in [4.78, 5) is 11.6. The predicted octanol–water partition coefficient (Wildman–Crippen LogP) is 3.36. The SMILES string of the molecule is Clc1ccccc1-c1cccc2cnc(N3CCNCC3)nc12. The van der Waals surface area contributed by atoms with Crippen LogP contribution in [0.15, 0.2) is 48.7 Å². The summed E-state index contributed by atoms with van der Waals surface area (Å²) in [7, 11) is 0. The Kier molecular flexibility index (Phi) is 3.85. The summed E-state index contributed by atoms with van der Waals surface area (Å²) in [6.07, 6.45) is 1.90. The highest BCUT2D eigenvalue weighted by atomic mass is 35.5. The van der Waals surface area contributed by atoms with Crippen molar-refractivity contribution in [2.24, 2.45) is 0 Å². The second kappa shape index (κ2) is 6.14. The van der Waals surface area contributed by atoms with Crippen molar-refractivity contribution in [1.82, 2.24) is 15.3 Å². The Labute approximate surface area is 140 Å². The van der Waals surface area contributed by atoms with Crippen molar-refractivity contribution < 1.29 is 0 Å². The molecule has 0 saturated carbocycles. The zero-order chi connectivity index (χ0) is 15.6. The molecule has 2 heterocycles. The topological polar surface area (TPSA) is 41.1 Å². The minimum atomic E-state index is 0.738. The quantitative estimate of drug-likeness (QED) is 0.785. The van der Waals surface area contributed by atoms with Gasteiger partial charge in [-0.05, 0) is 6.07 Å². The third-order valence-corrected chi connectivity index (χ3v) is 4.49. The van der Waals surface area contributed by atoms with Crippen molar-refractivity contribution in [3.8, 4) is 11.1 Å². The lowest BCUT2D eigenvalue weighted by Crippen LogP contribution is -2.44. The van der Waals surface area contributed by atoms with Gasteiger partial charge in [-0.1, -0.05) is 48.0 Å². The molecule has 2 aromatic carbocycles. The summed E-state index contributed by atoms with van der Waals surface area (Å²) in [5.74, 6) is 0.790. The van der Waals surface area contributed by atoms with Gasteiger partial charge in [0.25, 0.3) is 0 Å². The maximum atomic E-state index is 6.39. The van der Waals surface area contributed by atoms with Gasteiger partial charge >= 0.3 is 0 Å². The first-order valence-corrected chi connectivity index (χ1v) is 8.17. The third-order valence-electron chi connectivity index (χ3n) is 4.16. The number of anilines is 1. The zero-order valence-corrected chi connectivity index (χ0v) is 13.4. The van der Waals surface area contributed by atoms with Gasteiger partial charge in [-0.15, -0.1) is 0 Å². The van der Waals surface area contributed by atoms with Crippen molar-refractivity contribution in [2.75, 3.05) is 31.1 Å². The van der Waals surface area contributed by atoms with E-state index in [4.69, 9.17) is 16.6 Å². The molecule has 0 bridgehead atoms. The summed E-state index contributed by atoms with van der Waals surface area (Å²) < 4.78 is 0. The Hall–Kier alpha value is -2.17. The fourth-order valence-corrected chi connectivity index (χ4v) is 3.20. The Morgan fingerprint density at radius 1 is 0.957 bits per heavy atom. The first-order valence-electron chi connectivity index (χ1n) is 7.79. The van der Waals surface area contributed by atoms with E-state index in [0.717, 1.165) is 59.2 Å². The number of fused-ring (bicyclic) bond motifs is 1. The summed E-state index contributed by atoms with van der Waals surface area (Å²) in [5, 5.41) is 5.12. The van der Waals surface area contributed by atoms with Crippen LogP contribution in [0.1, 0.15) is 0 Å². The molecular formula is C18H17ClN4. The lowest BCUT2D eigenvalue weighted by molar-refractivity contribution is 0.580. The van der Waals surface area contributed by atoms with Crippen LogP contribution in [0.2, 0.25) is 5.02 Å². The number of aromatic nitrogens is 2. The van der Waals surface area contributed by atoms with Crippen LogP contribution in [0.5, 0.6) is 0 Å². The van der Waals surface area contributed by atoms with Crippen LogP contribution in [0, 0.1) is 0 Å². The maximum absolute atomic E-state index is 6.39. The summed E-state index contributed by atoms with van der Waals surface area (Å²) in [5.41, 5.74) is 3.00. The highest BCUT2D eigenvalue weighted by molar-refractivity contribution is 6.33. The molecule has 5 heteroatoms. The number of para-hydroxylation sites is 1. The van der Waals surface area contributed by atoms with Gasteiger partial charge in [0.15, 0.2) is 0 Å². The molecule has 4 nitrogen and oxygen atoms in total. The molecular weight excluding hydrogens is 308 g/mol. The molecule has 0 atom stereocenters. The lowest BCUT2D eigenvalue weighted by atomic mass is 10.0. The Morgan fingerprint density at radius 2 is 1.74 bits per heavy atom. The molecule has 1 aromatic heterocycles. The first kappa shape index (κ1) is 14.4. The van der Waals surface area contributed by atoms with Gasteiger partial charge in [-0.3, -0.25) is 0 Å². The van der Waals surface area contributed by atoms with E-state index in [1.54, 1.807) is 0 Å². The van der Waals surface area contributed by atoms with Crippen molar-refractivity contribution in [3.05, 3.63) is 53.7 Å². The van der Waals surface area contributed by atoms with Gasteiger partial charge in [0.1, 0.15) is 0 Å². The molecule has 1 aliphatic rings. The number of piperazine rings is 1. The van der Waals surface area contributed by atoms with Gasteiger partial charge in [-0.25, -0.2) is 9.97 Å². The normalized spacial score (nSPS) is 15.1. The molecule has 23 heavy (non-hydrogen) atoms. The van der Waals surface area contributed by atoms with Crippen LogP contribution >= 0.6 is 11.6 Å². The third kappa shape index (κ3) is 2.76. The largest absolute Gasteiger partial charge is 0.338 e. The second-order valence-electron chi connectivity index (χ2n) is 5.63. The molecule has 3 aromatic rings. The number of hydrogen-bond donors (Lipinski definition) is 1. The number of hydrogen-bond acceptors (Lipinski definition) is 4. The predicted molar refractivity (Wildman–Crippen MR) is 95.1 cm³/mol. The molecule has 0 radical (unpaired) electrons. The first-order chi connectivity index (χ1) is 11.3. The van der Waals surface area contributed by atoms with Crippen molar-refractivity contribution in [1.29, 1.82) is 0 Å². The van der Waals surface area contributed by atoms with E-state index < -0.39 is 0 Å². The minimum Gasteiger partial charge on any atom is -0.338 e. The van der Waals surface area contributed by atoms with Crippen LogP contribution in [-0.4, -0.2) is 36.1 Å². The van der Waals surface area contributed by atoms with Crippen LogP contribution in [0.4, 0.5) is 5.95 Å². The Balaban J connectivity index is 1.86. The smallest absolute Gasteiger partial charge is 0.225 e. The number of halogens is 1. The Bertz CT molecular complexity index is 843. The molecule has 1 aliphatic heterocycles. The number of benzene rings is 2. The summed E-state index contributed by atoms with van der Waals surface area (Å²) in [6.45, 7) is 3.79. The minimum absolute atomic E-state index is 0.738. The van der Waals surface area contributed by atoms with Gasteiger partial charge < -0.3 is 10.2 Å². The lowest BCUT2D eigenvalue weighted by Gasteiger charge is -2.27. The highest BCUT2D eigenvalue weighted by Gasteiger charge is 2.15. The fraction of sp³-hybridized carbons (Fsp3) is 0.222. The molecule has 1 N–H and O–H groups in total. The molecule has 1 fully saturated rings. The van der Waals surface area contributed by atoms with Crippen molar-refractivity contribution >= 4 is 28.5 Å². The summed E-state index contributed by atoms with van der Waals surface area (Å²) in [6, 6.07) is 14.0. The number of nitrogens with one attached hydrogen (secondary N) is 1. The van der Waals surface area contributed by atoms with Crippen molar-refractivity contribution in [3.63, 3.8) is 0 Å². The average Bonchev–Trinajstić information content (AvgIpc) is 2.62. The Morgan fingerprint density at radius 3 is 2.57 bits per heavy atom. The van der Waals surface area contributed by atoms with Gasteiger partial charge in [0.05, 0.1) is 5.52 Å². The van der Waals surface area contributed by atoms with E-state index >= 15 is 0 Å². The monoisotopic (exact) mass is 324 g/mol. The van der Waals surface area contributed by atoms with E-state index in [9.17, 15) is 0 Å². The van der Waals surface area contributed by atoms with E-state index in [0.29, 0.717) is 0 Å². The fourth-order valence-electron chi connectivity index (χ4n) is 2.96. The van der Waals surface area contributed by atoms with E-state index in [1.165, 1.54) is 0 Å². The van der Waals surface area contributed by atoms with Crippen LogP contribution < -0.4 is 10.2 Å². The molecule has 0 aliphatic carbocycles. The highest BCUT2D eigenvalue weighted by Crippen LogP contribution is 2.32. The average molecular weight is 325 g/mol. The van der Waals surface area contributed by atoms with Crippen LogP contribution in [0.25, 0.3) is 22.0 Å². The molecule has 0 spiro atoms. The van der Waals surface area contributed by atoms with E-state index in [-0.39, 0.29) is 0 Å². The summed E-state index contributed by atoms with van der Waals surface area (Å²) >= 11 is 6.39. The molecule has 4 rings (SSSR count). The van der Waals surface area contributed by atoms with Crippen LogP contribution in [0.3, 0.4) is 0 Å². The van der Waals surface area contributed by atoms with Gasteiger partial charge in [-0.2, -0.15) is 0 Å². The zero-order valence-electron chi connectivity index (χ0n) is 12.7. The second-order valence-corrected chi connectivity index (χ2v) is 6.04. The van der Waals surface area contributed by atoms with E-state index in [2.05, 4.69) is 21.3 Å². The molecule has 0 unspecified atom stereocenters. The van der Waals surface area contributed by atoms with Gasteiger partial charge in [0, 0.05) is 53.9 Å². The van der Waals surface area contributed by atoms with Crippen LogP contribution in [-0.2, 0) is 0 Å². The van der Waals surface area contributed by atoms with Gasteiger partial charge in [0.2, 0.25) is 5.95 Å². The number of nitrogens with zero attached hydrogens (tertiary/aromatic N) is 3. The molecule has 0 amide bonds. The maximum Gasteiger partial charge on any atom is 0.225 e. The van der Waals surface area contributed by atoms with Crippen molar-refractivity contribution in [2.45, 2.75) is 0 Å². The number of rotatable bonds is 2.